The van der Waals surface area contributed by atoms with Gasteiger partial charge in [-0.15, -0.1) is 11.3 Å². The van der Waals surface area contributed by atoms with Crippen LogP contribution in [0, 0.1) is 19.7 Å². The number of Topliss-reactive ketones (excluding diaryl/α,β-unsaturated/α-hetero) is 1. The SMILES string of the molecule is CCCc1nc2scc(-c3ccc(F)cc3)c2c(=O)n1CC(=O)c1ccc(C)c(C)c1. The van der Waals surface area contributed by atoms with Gasteiger partial charge in [-0.25, -0.2) is 9.37 Å². The number of hydrogen-bond donors (Lipinski definition) is 0. The number of carbonyl (C=O) groups excluding carboxylic acids is 1. The van der Waals surface area contributed by atoms with Crippen molar-refractivity contribution in [3.05, 3.63) is 86.5 Å². The molecule has 0 unspecified atom stereocenters. The molecule has 0 amide bonds. The van der Waals surface area contributed by atoms with Crippen LogP contribution in [-0.4, -0.2) is 15.3 Å². The Labute approximate surface area is 184 Å². The summed E-state index contributed by atoms with van der Waals surface area (Å²) in [7, 11) is 0. The second kappa shape index (κ2) is 8.55. The van der Waals surface area contributed by atoms with E-state index in [-0.39, 0.29) is 23.7 Å². The minimum Gasteiger partial charge on any atom is -0.292 e. The zero-order valence-corrected chi connectivity index (χ0v) is 18.6. The van der Waals surface area contributed by atoms with Crippen molar-refractivity contribution in [3.63, 3.8) is 0 Å². The van der Waals surface area contributed by atoms with Crippen LogP contribution in [0.5, 0.6) is 0 Å². The van der Waals surface area contributed by atoms with Gasteiger partial charge in [-0.2, -0.15) is 0 Å². The topological polar surface area (TPSA) is 52.0 Å². The van der Waals surface area contributed by atoms with E-state index >= 15 is 0 Å². The van der Waals surface area contributed by atoms with Crippen LogP contribution < -0.4 is 5.56 Å². The molecule has 0 aliphatic heterocycles. The molecule has 0 fully saturated rings. The summed E-state index contributed by atoms with van der Waals surface area (Å²) in [5.41, 5.74) is 3.98. The van der Waals surface area contributed by atoms with Crippen LogP contribution >= 0.6 is 11.3 Å². The quantitative estimate of drug-likeness (QED) is 0.365. The van der Waals surface area contributed by atoms with Crippen molar-refractivity contribution in [1.29, 1.82) is 0 Å². The number of hydrogen-bond acceptors (Lipinski definition) is 4. The fraction of sp³-hybridized carbons (Fsp3) is 0.240. The molecule has 4 nitrogen and oxygen atoms in total. The summed E-state index contributed by atoms with van der Waals surface area (Å²) in [6.07, 6.45) is 1.42. The molecule has 0 saturated carbocycles. The maximum absolute atomic E-state index is 13.5. The molecule has 2 aromatic carbocycles. The third-order valence-electron chi connectivity index (χ3n) is 5.53. The highest BCUT2D eigenvalue weighted by atomic mass is 32.1. The van der Waals surface area contributed by atoms with Gasteiger partial charge in [-0.3, -0.25) is 14.2 Å². The first-order valence-corrected chi connectivity index (χ1v) is 11.1. The largest absolute Gasteiger partial charge is 0.292 e. The van der Waals surface area contributed by atoms with E-state index in [1.54, 1.807) is 18.2 Å². The van der Waals surface area contributed by atoms with Crippen molar-refractivity contribution in [3.8, 4) is 11.1 Å². The van der Waals surface area contributed by atoms with Gasteiger partial charge in [0.15, 0.2) is 5.78 Å². The van der Waals surface area contributed by atoms with Gasteiger partial charge in [0.05, 0.1) is 11.9 Å². The van der Waals surface area contributed by atoms with E-state index < -0.39 is 0 Å². The number of ketones is 1. The molecule has 0 N–H and O–H groups in total. The molecule has 0 saturated heterocycles. The summed E-state index contributed by atoms with van der Waals surface area (Å²) in [6.45, 7) is 5.93. The van der Waals surface area contributed by atoms with E-state index in [0.717, 1.165) is 23.1 Å². The Bertz CT molecular complexity index is 1340. The predicted octanol–water partition coefficient (Wildman–Crippen LogP) is 5.72. The van der Waals surface area contributed by atoms with Crippen molar-refractivity contribution in [2.24, 2.45) is 0 Å². The molecule has 2 aromatic heterocycles. The highest BCUT2D eigenvalue weighted by Crippen LogP contribution is 2.31. The van der Waals surface area contributed by atoms with Crippen molar-refractivity contribution < 1.29 is 9.18 Å². The van der Waals surface area contributed by atoms with E-state index in [1.165, 1.54) is 28.0 Å². The average Bonchev–Trinajstić information content (AvgIpc) is 3.17. The predicted molar refractivity (Wildman–Crippen MR) is 124 cm³/mol. The Morgan fingerprint density at radius 3 is 2.52 bits per heavy atom. The second-order valence-corrected chi connectivity index (χ2v) is 8.59. The highest BCUT2D eigenvalue weighted by Gasteiger charge is 2.19. The Kier molecular flexibility index (Phi) is 5.83. The number of fused-ring (bicyclic) bond motifs is 1. The normalized spacial score (nSPS) is 11.2. The zero-order valence-electron chi connectivity index (χ0n) is 17.7. The first-order valence-electron chi connectivity index (χ1n) is 10.3. The van der Waals surface area contributed by atoms with Crippen LogP contribution in [-0.2, 0) is 13.0 Å². The summed E-state index contributed by atoms with van der Waals surface area (Å²) in [5.74, 6) is 0.162. The second-order valence-electron chi connectivity index (χ2n) is 7.73. The molecule has 0 spiro atoms. The third-order valence-corrected chi connectivity index (χ3v) is 6.40. The van der Waals surface area contributed by atoms with Gasteiger partial charge in [-0.1, -0.05) is 31.2 Å². The summed E-state index contributed by atoms with van der Waals surface area (Å²) in [5, 5.41) is 2.35. The molecule has 0 bridgehead atoms. The molecule has 31 heavy (non-hydrogen) atoms. The van der Waals surface area contributed by atoms with Gasteiger partial charge < -0.3 is 0 Å². The summed E-state index contributed by atoms with van der Waals surface area (Å²) >= 11 is 1.39. The van der Waals surface area contributed by atoms with Gasteiger partial charge in [0.25, 0.3) is 5.56 Å². The molecular weight excluding hydrogens is 411 g/mol. The Morgan fingerprint density at radius 2 is 1.84 bits per heavy atom. The number of aryl methyl sites for hydroxylation is 3. The molecule has 0 atom stereocenters. The number of carbonyl (C=O) groups is 1. The maximum Gasteiger partial charge on any atom is 0.263 e. The van der Waals surface area contributed by atoms with E-state index in [1.807, 2.05) is 38.3 Å². The lowest BCUT2D eigenvalue weighted by atomic mass is 10.0. The van der Waals surface area contributed by atoms with Crippen LogP contribution in [0.3, 0.4) is 0 Å². The zero-order chi connectivity index (χ0) is 22.1. The van der Waals surface area contributed by atoms with Crippen LogP contribution in [0.15, 0.2) is 52.6 Å². The fourth-order valence-electron chi connectivity index (χ4n) is 3.64. The van der Waals surface area contributed by atoms with Gasteiger partial charge in [0.1, 0.15) is 16.5 Å². The number of aromatic nitrogens is 2. The van der Waals surface area contributed by atoms with Gasteiger partial charge in [-0.05, 0) is 55.2 Å². The summed E-state index contributed by atoms with van der Waals surface area (Å²) in [4.78, 5) is 31.9. The minimum absolute atomic E-state index is 0.0572. The van der Waals surface area contributed by atoms with E-state index in [0.29, 0.717) is 33.6 Å². The standard InChI is InChI=1S/C25H23FN2O2S/c1-4-5-22-27-24-23(20(14-31-24)17-8-10-19(26)11-9-17)25(30)28(22)13-21(29)18-7-6-15(2)16(3)12-18/h6-12,14H,4-5,13H2,1-3H3. The Hall–Kier alpha value is -3.12. The smallest absolute Gasteiger partial charge is 0.263 e. The average molecular weight is 435 g/mol. The molecule has 0 aliphatic rings. The first-order chi connectivity index (χ1) is 14.9. The molecule has 158 valence electrons. The lowest BCUT2D eigenvalue weighted by Crippen LogP contribution is -2.28. The van der Waals surface area contributed by atoms with Crippen molar-refractivity contribution in [2.45, 2.75) is 40.2 Å². The molecule has 4 rings (SSSR count). The Balaban J connectivity index is 1.83. The monoisotopic (exact) mass is 434 g/mol. The lowest BCUT2D eigenvalue weighted by Gasteiger charge is -2.12. The van der Waals surface area contributed by atoms with Crippen LogP contribution in [0.4, 0.5) is 4.39 Å². The Morgan fingerprint density at radius 1 is 1.10 bits per heavy atom. The van der Waals surface area contributed by atoms with Crippen molar-refractivity contribution in [2.75, 3.05) is 0 Å². The van der Waals surface area contributed by atoms with Crippen LogP contribution in [0.1, 0.15) is 40.7 Å². The summed E-state index contributed by atoms with van der Waals surface area (Å²) in [6, 6.07) is 11.6. The van der Waals surface area contributed by atoms with Crippen molar-refractivity contribution in [1.82, 2.24) is 9.55 Å². The fourth-order valence-corrected chi connectivity index (χ4v) is 4.59. The van der Waals surface area contributed by atoms with Crippen LogP contribution in [0.25, 0.3) is 21.3 Å². The molecule has 6 heteroatoms. The highest BCUT2D eigenvalue weighted by molar-refractivity contribution is 7.17. The third kappa shape index (κ3) is 4.08. The lowest BCUT2D eigenvalue weighted by molar-refractivity contribution is 0.0969. The number of nitrogens with zero attached hydrogens (tertiary/aromatic N) is 2. The van der Waals surface area contributed by atoms with Gasteiger partial charge in [0.2, 0.25) is 0 Å². The van der Waals surface area contributed by atoms with Crippen molar-refractivity contribution >= 4 is 27.3 Å². The molecule has 2 heterocycles. The van der Waals surface area contributed by atoms with E-state index in [2.05, 4.69) is 0 Å². The maximum atomic E-state index is 13.5. The van der Waals surface area contributed by atoms with Gasteiger partial charge in [0, 0.05) is 22.9 Å². The molecule has 4 aromatic rings. The number of benzene rings is 2. The summed E-state index contributed by atoms with van der Waals surface area (Å²) < 4.78 is 14.9. The van der Waals surface area contributed by atoms with Gasteiger partial charge >= 0.3 is 0 Å². The van der Waals surface area contributed by atoms with Crippen LogP contribution in [0.2, 0.25) is 0 Å². The molecule has 0 radical (unpaired) electrons. The first kappa shape index (κ1) is 21.1. The van der Waals surface area contributed by atoms with E-state index in [9.17, 15) is 14.0 Å². The minimum atomic E-state index is -0.331. The van der Waals surface area contributed by atoms with E-state index in [4.69, 9.17) is 4.98 Å². The number of rotatable bonds is 6. The molecule has 0 aliphatic carbocycles. The number of thiophene rings is 1. The number of halogens is 1. The molecular formula is C25H23FN2O2S.